The largest absolute Gasteiger partial charge is 0.756 e. The zero-order valence-corrected chi connectivity index (χ0v) is 47.3. The second-order valence-electron chi connectivity index (χ2n) is 20.3. The van der Waals surface area contributed by atoms with Crippen LogP contribution in [-0.2, 0) is 18.4 Å². The van der Waals surface area contributed by atoms with Gasteiger partial charge in [0, 0.05) is 6.42 Å². The molecular weight excluding hydrogens is 900 g/mol. The number of allylic oxidation sites excluding steroid dienone is 17. The van der Waals surface area contributed by atoms with E-state index in [0.29, 0.717) is 17.4 Å². The number of hydrogen-bond donors (Lipinski definition) is 2. The van der Waals surface area contributed by atoms with Gasteiger partial charge in [-0.1, -0.05) is 245 Å². The molecule has 0 aliphatic heterocycles. The summed E-state index contributed by atoms with van der Waals surface area (Å²) in [5.74, 6) is -0.204. The van der Waals surface area contributed by atoms with Crippen LogP contribution < -0.4 is 10.2 Å². The molecule has 408 valence electrons. The first-order valence-electron chi connectivity index (χ1n) is 28.7. The summed E-state index contributed by atoms with van der Waals surface area (Å²) in [5, 5.41) is 13.7. The minimum atomic E-state index is -4.59. The fraction of sp³-hybridized carbons (Fsp3) is 0.694. The lowest BCUT2D eigenvalue weighted by atomic mass is 10.0. The molecule has 3 unspecified atom stereocenters. The second-order valence-corrected chi connectivity index (χ2v) is 21.7. The van der Waals surface area contributed by atoms with Crippen LogP contribution in [0.2, 0.25) is 0 Å². The number of aliphatic hydroxyl groups is 1. The zero-order chi connectivity index (χ0) is 52.0. The Kier molecular flexibility index (Phi) is 50.0. The summed E-state index contributed by atoms with van der Waals surface area (Å²) in [6.07, 6.45) is 76.3. The van der Waals surface area contributed by atoms with Gasteiger partial charge in [0.05, 0.1) is 39.9 Å². The lowest BCUT2D eigenvalue weighted by Crippen LogP contribution is -2.45. The van der Waals surface area contributed by atoms with Gasteiger partial charge in [0.1, 0.15) is 13.2 Å². The Labute approximate surface area is 438 Å². The average Bonchev–Trinajstić information content (AvgIpc) is 3.33. The number of carbonyl (C=O) groups excluding carboxylic acids is 1. The van der Waals surface area contributed by atoms with Gasteiger partial charge >= 0.3 is 0 Å². The molecule has 0 radical (unpaired) electrons. The monoisotopic (exact) mass is 1010 g/mol. The van der Waals surface area contributed by atoms with E-state index in [1.807, 2.05) is 27.2 Å². The van der Waals surface area contributed by atoms with E-state index in [0.717, 1.165) is 89.9 Å². The van der Waals surface area contributed by atoms with Crippen LogP contribution in [-0.4, -0.2) is 68.5 Å². The van der Waals surface area contributed by atoms with Crippen LogP contribution in [0.15, 0.2) is 109 Å². The highest BCUT2D eigenvalue weighted by molar-refractivity contribution is 7.45. The number of phosphoric ester groups is 1. The molecule has 3 atom stereocenters. The van der Waals surface area contributed by atoms with E-state index in [-0.39, 0.29) is 19.1 Å². The summed E-state index contributed by atoms with van der Waals surface area (Å²) in [4.78, 5) is 25.3. The van der Waals surface area contributed by atoms with Crippen molar-refractivity contribution >= 4 is 13.7 Å². The number of quaternary nitrogens is 1. The molecule has 71 heavy (non-hydrogen) atoms. The highest BCUT2D eigenvalue weighted by atomic mass is 31.2. The van der Waals surface area contributed by atoms with Crippen LogP contribution in [0.3, 0.4) is 0 Å². The highest BCUT2D eigenvalue weighted by Crippen LogP contribution is 2.38. The van der Waals surface area contributed by atoms with Gasteiger partial charge in [-0.25, -0.2) is 0 Å². The standard InChI is InChI=1S/C62H109N2O6P/c1-6-8-10-12-14-16-17-18-19-20-21-22-23-24-25-26-27-28-29-30-31-32-33-34-35-36-37-38-39-40-41-42-43-44-45-46-47-48-50-52-54-56-62(66)63-60(59-70-71(67,68)69-58-57-64(3,4)5)61(65)55-53-51-49-15-13-11-9-7-2/h8,10,14,16,18-19,21-22,24-25,27-28,30-31,33-34,53,55,60-61,65H,6-7,9,11-13,15,17,20,23,26,29,32,35-52,54,56-59H2,1-5H3,(H-,63,66,67,68)/b10-8-,16-14-,19-18-,22-21-,25-24-,28-27-,31-30-,34-33-,55-53+. The van der Waals surface area contributed by atoms with Crippen molar-refractivity contribution in [3.05, 3.63) is 109 Å². The predicted octanol–water partition coefficient (Wildman–Crippen LogP) is 17.0. The molecule has 0 fully saturated rings. The normalized spacial score (nSPS) is 14.7. The summed E-state index contributed by atoms with van der Waals surface area (Å²) in [6, 6.07) is -0.888. The number of nitrogens with zero attached hydrogens (tertiary/aromatic N) is 1. The van der Waals surface area contributed by atoms with E-state index in [2.05, 4.69) is 116 Å². The Morgan fingerprint density at radius 1 is 0.507 bits per heavy atom. The van der Waals surface area contributed by atoms with E-state index in [1.165, 1.54) is 116 Å². The van der Waals surface area contributed by atoms with Crippen LogP contribution in [0.4, 0.5) is 0 Å². The summed E-state index contributed by atoms with van der Waals surface area (Å²) < 4.78 is 23.2. The molecule has 8 nitrogen and oxygen atoms in total. The molecule has 0 aromatic carbocycles. The number of amides is 1. The number of rotatable bonds is 51. The predicted molar refractivity (Wildman–Crippen MR) is 306 cm³/mol. The first-order valence-corrected chi connectivity index (χ1v) is 30.2. The number of unbranched alkanes of at least 4 members (excludes halogenated alkanes) is 22. The van der Waals surface area contributed by atoms with Crippen molar-refractivity contribution in [1.29, 1.82) is 0 Å². The first-order chi connectivity index (χ1) is 34.5. The molecule has 2 N–H and O–H groups in total. The van der Waals surface area contributed by atoms with Crippen molar-refractivity contribution in [1.82, 2.24) is 5.32 Å². The van der Waals surface area contributed by atoms with Crippen LogP contribution in [0.1, 0.15) is 226 Å². The van der Waals surface area contributed by atoms with Crippen LogP contribution in [0.25, 0.3) is 0 Å². The third-order valence-electron chi connectivity index (χ3n) is 12.2. The van der Waals surface area contributed by atoms with Crippen molar-refractivity contribution in [2.75, 3.05) is 40.9 Å². The third kappa shape index (κ3) is 54.8. The zero-order valence-electron chi connectivity index (χ0n) is 46.4. The molecule has 9 heteroatoms. The smallest absolute Gasteiger partial charge is 0.268 e. The third-order valence-corrected chi connectivity index (χ3v) is 13.2. The maximum Gasteiger partial charge on any atom is 0.268 e. The first kappa shape index (κ1) is 68.2. The van der Waals surface area contributed by atoms with Gasteiger partial charge in [-0.2, -0.15) is 0 Å². The molecule has 1 amide bonds. The molecule has 0 spiro atoms. The number of aliphatic hydroxyl groups excluding tert-OH is 1. The summed E-state index contributed by atoms with van der Waals surface area (Å²) in [6.45, 7) is 4.47. The molecule has 0 heterocycles. The Balaban J connectivity index is 3.89. The SMILES string of the molecule is CC/C=C\C/C=C\C/C=C\C/C=C\C/C=C\C/C=C\C/C=C\C/C=C\CCCCCCCCCCCCCCCCCCC(=O)NC(COP(=O)([O-])OCC[N+](C)(C)C)C(O)/C=C/CCCCCCCC. The number of carbonyl (C=O) groups is 1. The fourth-order valence-corrected chi connectivity index (χ4v) is 8.48. The Bertz CT molecular complexity index is 1520. The van der Waals surface area contributed by atoms with Crippen molar-refractivity contribution in [2.24, 2.45) is 0 Å². The average molecular weight is 1010 g/mol. The minimum Gasteiger partial charge on any atom is -0.756 e. The fourth-order valence-electron chi connectivity index (χ4n) is 7.76. The molecule has 0 rings (SSSR count). The van der Waals surface area contributed by atoms with Gasteiger partial charge in [-0.3, -0.25) is 9.36 Å². The number of nitrogens with one attached hydrogen (secondary N) is 1. The van der Waals surface area contributed by atoms with E-state index in [9.17, 15) is 19.4 Å². The van der Waals surface area contributed by atoms with Gasteiger partial charge in [0.25, 0.3) is 7.82 Å². The topological polar surface area (TPSA) is 108 Å². The van der Waals surface area contributed by atoms with Crippen LogP contribution in [0, 0.1) is 0 Å². The van der Waals surface area contributed by atoms with Gasteiger partial charge < -0.3 is 28.8 Å². The minimum absolute atomic E-state index is 0.00434. The van der Waals surface area contributed by atoms with Crippen molar-refractivity contribution < 1.29 is 32.9 Å². The maximum absolute atomic E-state index is 12.9. The molecule has 0 aliphatic carbocycles. The van der Waals surface area contributed by atoms with Crippen LogP contribution in [0.5, 0.6) is 0 Å². The number of hydrogen-bond acceptors (Lipinski definition) is 6. The molecule has 0 aromatic rings. The lowest BCUT2D eigenvalue weighted by Gasteiger charge is -2.29. The van der Waals surface area contributed by atoms with Gasteiger partial charge in [-0.15, -0.1) is 0 Å². The molecule has 0 aliphatic rings. The van der Waals surface area contributed by atoms with E-state index in [4.69, 9.17) is 9.05 Å². The quantitative estimate of drug-likeness (QED) is 0.0272. The molecule has 0 aromatic heterocycles. The summed E-state index contributed by atoms with van der Waals surface area (Å²) >= 11 is 0. The van der Waals surface area contributed by atoms with E-state index in [1.54, 1.807) is 6.08 Å². The highest BCUT2D eigenvalue weighted by Gasteiger charge is 2.23. The van der Waals surface area contributed by atoms with Crippen molar-refractivity contribution in [2.45, 2.75) is 238 Å². The Hall–Kier alpha value is -2.84. The summed E-state index contributed by atoms with van der Waals surface area (Å²) in [5.41, 5.74) is 0. The van der Waals surface area contributed by atoms with Crippen LogP contribution >= 0.6 is 7.82 Å². The Morgan fingerprint density at radius 2 is 0.859 bits per heavy atom. The number of likely N-dealkylation sites (N-methyl/N-ethyl adjacent to an activating group) is 1. The van der Waals surface area contributed by atoms with Gasteiger partial charge in [0.15, 0.2) is 0 Å². The Morgan fingerprint density at radius 3 is 1.25 bits per heavy atom. The van der Waals surface area contributed by atoms with E-state index >= 15 is 0 Å². The molecule has 0 bridgehead atoms. The molecule has 0 saturated heterocycles. The van der Waals surface area contributed by atoms with Crippen molar-refractivity contribution in [3.63, 3.8) is 0 Å². The lowest BCUT2D eigenvalue weighted by molar-refractivity contribution is -0.870. The van der Waals surface area contributed by atoms with Gasteiger partial charge in [-0.05, 0) is 83.5 Å². The number of phosphoric acid groups is 1. The summed E-state index contributed by atoms with van der Waals surface area (Å²) in [7, 11) is 1.25. The second kappa shape index (κ2) is 52.0. The van der Waals surface area contributed by atoms with E-state index < -0.39 is 20.0 Å². The molecule has 0 saturated carbocycles. The van der Waals surface area contributed by atoms with Gasteiger partial charge in [0.2, 0.25) is 5.91 Å². The van der Waals surface area contributed by atoms with Crippen molar-refractivity contribution in [3.8, 4) is 0 Å². The molecular formula is C62H109N2O6P. The maximum atomic E-state index is 12.9.